The van der Waals surface area contributed by atoms with Gasteiger partial charge in [-0.05, 0) is 36.2 Å². The minimum atomic E-state index is -0.524. The number of nitrogens with one attached hydrogen (secondary N) is 1. The molecule has 3 rings (SSSR count). The van der Waals surface area contributed by atoms with Crippen LogP contribution < -0.4 is 5.32 Å². The molecule has 0 aliphatic carbocycles. The summed E-state index contributed by atoms with van der Waals surface area (Å²) >= 11 is 1.52. The topological polar surface area (TPSA) is 82.2 Å². The molecule has 3 amide bonds. The monoisotopic (exact) mass is 434 g/mol. The molecule has 8 nitrogen and oxygen atoms in total. The molecule has 0 saturated carbocycles. The van der Waals surface area contributed by atoms with Crippen LogP contribution in [0.15, 0.2) is 28.1 Å². The molecule has 30 heavy (non-hydrogen) atoms. The van der Waals surface area contributed by atoms with Crippen molar-refractivity contribution < 1.29 is 19.1 Å². The highest BCUT2D eigenvalue weighted by Crippen LogP contribution is 2.33. The van der Waals surface area contributed by atoms with E-state index in [-0.39, 0.29) is 18.5 Å². The number of rotatable bonds is 7. The summed E-state index contributed by atoms with van der Waals surface area (Å²) in [6.07, 6.45) is 0.504. The molecule has 2 aliphatic rings. The second-order valence-electron chi connectivity index (χ2n) is 7.27. The van der Waals surface area contributed by atoms with Gasteiger partial charge in [0, 0.05) is 51.4 Å². The third-order valence-electron chi connectivity index (χ3n) is 5.53. The Bertz CT molecular complexity index is 800. The van der Waals surface area contributed by atoms with Gasteiger partial charge in [0.05, 0.1) is 18.2 Å². The van der Waals surface area contributed by atoms with Crippen molar-refractivity contribution in [3.63, 3.8) is 0 Å². The second kappa shape index (κ2) is 10.1. The van der Waals surface area contributed by atoms with Gasteiger partial charge in [0.1, 0.15) is 0 Å². The fourth-order valence-electron chi connectivity index (χ4n) is 3.94. The lowest BCUT2D eigenvalue weighted by Gasteiger charge is -2.40. The lowest BCUT2D eigenvalue weighted by molar-refractivity contribution is -0.139. The van der Waals surface area contributed by atoms with Crippen molar-refractivity contribution in [3.05, 3.63) is 33.7 Å². The quantitative estimate of drug-likeness (QED) is 0.666. The van der Waals surface area contributed by atoms with Gasteiger partial charge in [-0.1, -0.05) is 6.92 Å². The number of carbonyl (C=O) groups is 3. The molecule has 0 radical (unpaired) electrons. The number of ether oxygens (including phenoxy) is 1. The molecule has 2 aliphatic heterocycles. The van der Waals surface area contributed by atoms with Crippen molar-refractivity contribution in [2.24, 2.45) is 0 Å². The van der Waals surface area contributed by atoms with Crippen LogP contribution in [0.3, 0.4) is 0 Å². The number of thiophene rings is 1. The van der Waals surface area contributed by atoms with E-state index in [9.17, 15) is 14.4 Å². The van der Waals surface area contributed by atoms with Crippen LogP contribution in [-0.2, 0) is 14.3 Å². The van der Waals surface area contributed by atoms with E-state index < -0.39 is 12.0 Å². The summed E-state index contributed by atoms with van der Waals surface area (Å²) in [6.45, 7) is 9.44. The van der Waals surface area contributed by atoms with E-state index in [1.165, 1.54) is 11.3 Å². The number of piperazine rings is 1. The van der Waals surface area contributed by atoms with Gasteiger partial charge in [0.15, 0.2) is 0 Å². The summed E-state index contributed by atoms with van der Waals surface area (Å²) in [6, 6.07) is 1.18. The lowest BCUT2D eigenvalue weighted by atomic mass is 9.96. The molecule has 0 spiro atoms. The first-order valence-electron chi connectivity index (χ1n) is 10.5. The van der Waals surface area contributed by atoms with E-state index in [4.69, 9.17) is 4.74 Å². The van der Waals surface area contributed by atoms with Crippen LogP contribution in [0.5, 0.6) is 0 Å². The van der Waals surface area contributed by atoms with Crippen molar-refractivity contribution in [3.8, 4) is 0 Å². The maximum Gasteiger partial charge on any atom is 0.338 e. The van der Waals surface area contributed by atoms with E-state index in [0.29, 0.717) is 57.0 Å². The minimum Gasteiger partial charge on any atom is -0.463 e. The molecule has 0 bridgehead atoms. The number of hydrogen-bond donors (Lipinski definition) is 1. The number of likely N-dealkylation sites (N-methyl/N-ethyl adjacent to an activating group) is 1. The van der Waals surface area contributed by atoms with E-state index in [0.717, 1.165) is 5.56 Å². The standard InChI is InChI=1S/C21H30N4O4S/c1-4-17(26)24-10-8-23(9-11-24)13-16-18(20(27)29-6-3)19(15-7-12-30-14-15)22-21(28)25(16)5-2/h7,12,14,19H,4-6,8-11,13H2,1-3H3,(H,22,28)/t19-/m0/s1. The average molecular weight is 435 g/mol. The Morgan fingerprint density at radius 2 is 1.93 bits per heavy atom. The van der Waals surface area contributed by atoms with E-state index in [2.05, 4.69) is 10.2 Å². The molecule has 3 heterocycles. The van der Waals surface area contributed by atoms with E-state index in [1.54, 1.807) is 11.8 Å². The van der Waals surface area contributed by atoms with Gasteiger partial charge in [-0.3, -0.25) is 14.6 Å². The minimum absolute atomic E-state index is 0.158. The summed E-state index contributed by atoms with van der Waals surface area (Å²) in [5.74, 6) is -0.243. The SMILES string of the molecule is CCOC(=O)C1=C(CN2CCN(C(=O)CC)CC2)N(CC)C(=O)N[C@H]1c1ccsc1. The van der Waals surface area contributed by atoms with E-state index >= 15 is 0 Å². The van der Waals surface area contributed by atoms with Crippen LogP contribution in [0, 0.1) is 0 Å². The van der Waals surface area contributed by atoms with Crippen molar-refractivity contribution in [2.45, 2.75) is 33.2 Å². The molecule has 1 fully saturated rings. The van der Waals surface area contributed by atoms with Gasteiger partial charge in [-0.2, -0.15) is 11.3 Å². The molecule has 0 aromatic carbocycles. The fourth-order valence-corrected chi connectivity index (χ4v) is 4.62. The number of amides is 3. The van der Waals surface area contributed by atoms with Crippen molar-refractivity contribution >= 4 is 29.2 Å². The third kappa shape index (κ3) is 4.67. The molecule has 1 saturated heterocycles. The number of urea groups is 1. The highest BCUT2D eigenvalue weighted by Gasteiger charge is 2.38. The van der Waals surface area contributed by atoms with Gasteiger partial charge < -0.3 is 15.0 Å². The number of hydrogen-bond acceptors (Lipinski definition) is 6. The van der Waals surface area contributed by atoms with E-state index in [1.807, 2.05) is 35.6 Å². The highest BCUT2D eigenvalue weighted by molar-refractivity contribution is 7.08. The van der Waals surface area contributed by atoms with Crippen LogP contribution in [-0.4, -0.2) is 78.5 Å². The van der Waals surface area contributed by atoms with Crippen LogP contribution in [0.25, 0.3) is 0 Å². The largest absolute Gasteiger partial charge is 0.463 e. The number of esters is 1. The summed E-state index contributed by atoms with van der Waals surface area (Å²) in [7, 11) is 0. The molecule has 9 heteroatoms. The van der Waals surface area contributed by atoms with Crippen LogP contribution >= 0.6 is 11.3 Å². The maximum absolute atomic E-state index is 13.0. The number of nitrogens with zero attached hydrogens (tertiary/aromatic N) is 3. The Morgan fingerprint density at radius 3 is 2.50 bits per heavy atom. The third-order valence-corrected chi connectivity index (χ3v) is 6.23. The molecule has 1 atom stereocenters. The summed E-state index contributed by atoms with van der Waals surface area (Å²) in [4.78, 5) is 43.5. The summed E-state index contributed by atoms with van der Waals surface area (Å²) in [5, 5.41) is 6.84. The highest BCUT2D eigenvalue weighted by atomic mass is 32.1. The zero-order valence-electron chi connectivity index (χ0n) is 17.8. The Balaban J connectivity index is 1.92. The lowest BCUT2D eigenvalue weighted by Crippen LogP contribution is -2.53. The molecule has 1 N–H and O–H groups in total. The van der Waals surface area contributed by atoms with Gasteiger partial charge in [0.25, 0.3) is 0 Å². The van der Waals surface area contributed by atoms with Crippen molar-refractivity contribution in [1.82, 2.24) is 20.0 Å². The summed E-state index contributed by atoms with van der Waals surface area (Å²) in [5.41, 5.74) is 2.05. The predicted octanol–water partition coefficient (Wildman–Crippen LogP) is 2.21. The zero-order chi connectivity index (χ0) is 21.7. The Labute approximate surface area is 181 Å². The Morgan fingerprint density at radius 1 is 1.20 bits per heavy atom. The molecule has 164 valence electrons. The van der Waals surface area contributed by atoms with Crippen LogP contribution in [0.1, 0.15) is 38.8 Å². The van der Waals surface area contributed by atoms with Crippen LogP contribution in [0.2, 0.25) is 0 Å². The van der Waals surface area contributed by atoms with Gasteiger partial charge in [-0.15, -0.1) is 0 Å². The van der Waals surface area contributed by atoms with Gasteiger partial charge >= 0.3 is 12.0 Å². The maximum atomic E-state index is 13.0. The average Bonchev–Trinajstić information content (AvgIpc) is 3.28. The molecular formula is C21H30N4O4S. The second-order valence-corrected chi connectivity index (χ2v) is 8.05. The first-order valence-corrected chi connectivity index (χ1v) is 11.4. The molecule has 1 aromatic rings. The summed E-state index contributed by atoms with van der Waals surface area (Å²) < 4.78 is 5.38. The normalized spacial score (nSPS) is 20.4. The van der Waals surface area contributed by atoms with Crippen molar-refractivity contribution in [2.75, 3.05) is 45.9 Å². The zero-order valence-corrected chi connectivity index (χ0v) is 18.7. The first-order chi connectivity index (χ1) is 14.5. The van der Waals surface area contributed by atoms with Gasteiger partial charge in [0.2, 0.25) is 5.91 Å². The number of carbonyl (C=O) groups excluding carboxylic acids is 3. The molecule has 0 unspecified atom stereocenters. The fraction of sp³-hybridized carbons (Fsp3) is 0.571. The van der Waals surface area contributed by atoms with Gasteiger partial charge in [-0.25, -0.2) is 9.59 Å². The smallest absolute Gasteiger partial charge is 0.338 e. The molecular weight excluding hydrogens is 404 g/mol. The van der Waals surface area contributed by atoms with Crippen molar-refractivity contribution in [1.29, 1.82) is 0 Å². The first kappa shape index (κ1) is 22.3. The Kier molecular flexibility index (Phi) is 7.49. The Hall–Kier alpha value is -2.39. The molecule has 1 aromatic heterocycles. The predicted molar refractivity (Wildman–Crippen MR) is 115 cm³/mol. The van der Waals surface area contributed by atoms with Crippen LogP contribution in [0.4, 0.5) is 4.79 Å².